The zero-order valence-electron chi connectivity index (χ0n) is 14.6. The van der Waals surface area contributed by atoms with E-state index in [-0.39, 0.29) is 16.8 Å². The average Bonchev–Trinajstić information content (AvgIpc) is 2.66. The summed E-state index contributed by atoms with van der Waals surface area (Å²) in [7, 11) is 2.40. The summed E-state index contributed by atoms with van der Waals surface area (Å²) >= 11 is 0. The number of carboxylic acids is 1. The van der Waals surface area contributed by atoms with Crippen LogP contribution >= 0.6 is 0 Å². The monoisotopic (exact) mass is 363 g/mol. The number of esters is 2. The first-order valence-corrected chi connectivity index (χ1v) is 8.22. The van der Waals surface area contributed by atoms with Crippen LogP contribution in [0.4, 0.5) is 5.69 Å². The van der Waals surface area contributed by atoms with Gasteiger partial charge in [-0.3, -0.25) is 9.59 Å². The number of methoxy groups -OCH3 is 2. The molecule has 1 saturated carbocycles. The van der Waals surface area contributed by atoms with Gasteiger partial charge in [0.2, 0.25) is 5.91 Å². The van der Waals surface area contributed by atoms with Crippen molar-refractivity contribution in [3.8, 4) is 0 Å². The molecule has 1 aliphatic carbocycles. The smallest absolute Gasteiger partial charge is 0.337 e. The lowest BCUT2D eigenvalue weighted by Crippen LogP contribution is -2.36. The highest BCUT2D eigenvalue weighted by Gasteiger charge is 2.35. The van der Waals surface area contributed by atoms with Crippen molar-refractivity contribution in [3.05, 3.63) is 29.3 Å². The lowest BCUT2D eigenvalue weighted by atomic mass is 9.78. The maximum atomic E-state index is 12.6. The van der Waals surface area contributed by atoms with Crippen LogP contribution in [0, 0.1) is 11.8 Å². The molecule has 8 nitrogen and oxygen atoms in total. The van der Waals surface area contributed by atoms with Gasteiger partial charge in [-0.15, -0.1) is 0 Å². The van der Waals surface area contributed by atoms with Gasteiger partial charge in [0.05, 0.1) is 37.2 Å². The summed E-state index contributed by atoms with van der Waals surface area (Å²) in [5.41, 5.74) is 0.348. The Bertz CT molecular complexity index is 694. The van der Waals surface area contributed by atoms with Crippen molar-refractivity contribution < 1.29 is 33.8 Å². The molecule has 2 rings (SSSR count). The number of nitrogens with one attached hydrogen (secondary N) is 1. The number of benzene rings is 1. The molecule has 0 aromatic heterocycles. The molecule has 0 heterocycles. The van der Waals surface area contributed by atoms with E-state index in [1.165, 1.54) is 32.4 Å². The Morgan fingerprint density at radius 2 is 1.42 bits per heavy atom. The maximum absolute atomic E-state index is 12.6. The molecule has 2 N–H and O–H groups in total. The van der Waals surface area contributed by atoms with E-state index in [4.69, 9.17) is 0 Å². The maximum Gasteiger partial charge on any atom is 0.337 e. The second-order valence-corrected chi connectivity index (χ2v) is 6.11. The van der Waals surface area contributed by atoms with E-state index in [9.17, 15) is 24.3 Å². The van der Waals surface area contributed by atoms with Crippen molar-refractivity contribution in [2.75, 3.05) is 19.5 Å². The lowest BCUT2D eigenvalue weighted by molar-refractivity contribution is -0.147. The largest absolute Gasteiger partial charge is 0.481 e. The third-order valence-electron chi connectivity index (χ3n) is 4.46. The fourth-order valence-electron chi connectivity index (χ4n) is 3.15. The highest BCUT2D eigenvalue weighted by molar-refractivity contribution is 6.00. The zero-order valence-corrected chi connectivity index (χ0v) is 14.6. The van der Waals surface area contributed by atoms with Crippen molar-refractivity contribution in [2.45, 2.75) is 25.7 Å². The molecule has 0 spiro atoms. The van der Waals surface area contributed by atoms with Crippen LogP contribution in [0.3, 0.4) is 0 Å². The first-order valence-electron chi connectivity index (χ1n) is 8.22. The summed E-state index contributed by atoms with van der Waals surface area (Å²) in [6.45, 7) is 0. The van der Waals surface area contributed by atoms with E-state index in [0.29, 0.717) is 12.8 Å². The third kappa shape index (κ3) is 4.38. The number of hydrogen-bond acceptors (Lipinski definition) is 6. The van der Waals surface area contributed by atoms with Gasteiger partial charge >= 0.3 is 17.9 Å². The number of amides is 1. The molecular formula is C18H21NO7. The Hall–Kier alpha value is -2.90. The Morgan fingerprint density at radius 1 is 0.923 bits per heavy atom. The molecule has 8 heteroatoms. The molecule has 1 aliphatic rings. The molecular weight excluding hydrogens is 342 g/mol. The van der Waals surface area contributed by atoms with Crippen molar-refractivity contribution in [1.82, 2.24) is 0 Å². The number of carboxylic acid groups (broad SMARTS) is 1. The minimum Gasteiger partial charge on any atom is -0.481 e. The molecule has 0 radical (unpaired) electrons. The summed E-state index contributed by atoms with van der Waals surface area (Å²) in [6.07, 6.45) is 2.47. The molecule has 1 aromatic rings. The lowest BCUT2D eigenvalue weighted by Gasteiger charge is -2.27. The SMILES string of the molecule is COC(=O)c1cc(NC(=O)[C@H]2CCCC[C@@H]2C(=O)O)cc(C(=O)OC)c1. The van der Waals surface area contributed by atoms with E-state index in [1.54, 1.807) is 0 Å². The van der Waals surface area contributed by atoms with Crippen LogP contribution < -0.4 is 5.32 Å². The third-order valence-corrected chi connectivity index (χ3v) is 4.46. The van der Waals surface area contributed by atoms with E-state index in [2.05, 4.69) is 14.8 Å². The highest BCUT2D eigenvalue weighted by Crippen LogP contribution is 2.31. The number of carbonyl (C=O) groups is 4. The number of rotatable bonds is 5. The Balaban J connectivity index is 2.29. The minimum atomic E-state index is -0.997. The molecule has 1 amide bonds. The van der Waals surface area contributed by atoms with Gasteiger partial charge < -0.3 is 19.9 Å². The van der Waals surface area contributed by atoms with Crippen molar-refractivity contribution in [2.24, 2.45) is 11.8 Å². The molecule has 0 aliphatic heterocycles. The van der Waals surface area contributed by atoms with Crippen LogP contribution in [0.2, 0.25) is 0 Å². The van der Waals surface area contributed by atoms with Gasteiger partial charge in [0.1, 0.15) is 0 Å². The quantitative estimate of drug-likeness (QED) is 0.769. The van der Waals surface area contributed by atoms with Crippen molar-refractivity contribution >= 4 is 29.5 Å². The summed E-state index contributed by atoms with van der Waals surface area (Å²) in [4.78, 5) is 47.5. The predicted molar refractivity (Wildman–Crippen MR) is 90.8 cm³/mol. The van der Waals surface area contributed by atoms with E-state index in [1.807, 2.05) is 0 Å². The number of aliphatic carboxylic acids is 1. The summed E-state index contributed by atoms with van der Waals surface area (Å²) in [5, 5.41) is 11.9. The van der Waals surface area contributed by atoms with E-state index >= 15 is 0 Å². The van der Waals surface area contributed by atoms with Gasteiger partial charge in [-0.25, -0.2) is 9.59 Å². The second-order valence-electron chi connectivity index (χ2n) is 6.11. The number of carbonyl (C=O) groups excluding carboxylic acids is 3. The van der Waals surface area contributed by atoms with E-state index in [0.717, 1.165) is 12.8 Å². The molecule has 140 valence electrons. The van der Waals surface area contributed by atoms with Crippen LogP contribution in [0.25, 0.3) is 0 Å². The first kappa shape index (κ1) is 19.4. The highest BCUT2D eigenvalue weighted by atomic mass is 16.5. The number of hydrogen-bond donors (Lipinski definition) is 2. The van der Waals surface area contributed by atoms with Crippen LogP contribution in [0.1, 0.15) is 46.4 Å². The fourth-order valence-corrected chi connectivity index (χ4v) is 3.15. The van der Waals surface area contributed by atoms with Crippen LogP contribution in [0.5, 0.6) is 0 Å². The molecule has 0 saturated heterocycles. The van der Waals surface area contributed by atoms with Gasteiger partial charge in [-0.1, -0.05) is 12.8 Å². The molecule has 0 unspecified atom stereocenters. The summed E-state index contributed by atoms with van der Waals surface area (Å²) in [5.74, 6) is -4.20. The van der Waals surface area contributed by atoms with E-state index < -0.39 is 35.7 Å². The number of ether oxygens (including phenoxy) is 2. The van der Waals surface area contributed by atoms with Crippen molar-refractivity contribution in [1.29, 1.82) is 0 Å². The van der Waals surface area contributed by atoms with Gasteiger partial charge in [0.15, 0.2) is 0 Å². The summed E-state index contributed by atoms with van der Waals surface area (Å²) < 4.78 is 9.30. The van der Waals surface area contributed by atoms with Crippen LogP contribution in [-0.4, -0.2) is 43.1 Å². The standard InChI is InChI=1S/C18H21NO7/c1-25-17(23)10-7-11(18(24)26-2)9-12(8-10)19-15(20)13-5-3-4-6-14(13)16(21)22/h7-9,13-14H,3-6H2,1-2H3,(H,19,20)(H,21,22)/t13-,14-/m0/s1. The fraction of sp³-hybridized carbons (Fsp3) is 0.444. The van der Waals surface area contributed by atoms with Gasteiger partial charge in [-0.05, 0) is 31.0 Å². The molecule has 0 bridgehead atoms. The molecule has 2 atom stereocenters. The predicted octanol–water partition coefficient (Wildman–Crippen LogP) is 2.09. The van der Waals surface area contributed by atoms with Crippen molar-refractivity contribution in [3.63, 3.8) is 0 Å². The zero-order chi connectivity index (χ0) is 19.3. The number of anilines is 1. The minimum absolute atomic E-state index is 0.0733. The normalized spacial score (nSPS) is 19.3. The Morgan fingerprint density at radius 3 is 1.88 bits per heavy atom. The Kier molecular flexibility index (Phi) is 6.32. The molecule has 1 aromatic carbocycles. The first-order chi connectivity index (χ1) is 12.4. The molecule has 26 heavy (non-hydrogen) atoms. The van der Waals surface area contributed by atoms with Gasteiger partial charge in [0, 0.05) is 5.69 Å². The average molecular weight is 363 g/mol. The molecule has 1 fully saturated rings. The topological polar surface area (TPSA) is 119 Å². The Labute approximate surface area is 150 Å². The van der Waals surface area contributed by atoms with Gasteiger partial charge in [0.25, 0.3) is 0 Å². The van der Waals surface area contributed by atoms with Gasteiger partial charge in [-0.2, -0.15) is 0 Å². The van der Waals surface area contributed by atoms with Crippen LogP contribution in [0.15, 0.2) is 18.2 Å². The van der Waals surface area contributed by atoms with Crippen LogP contribution in [-0.2, 0) is 19.1 Å². The second kappa shape index (κ2) is 8.46. The summed E-state index contributed by atoms with van der Waals surface area (Å²) in [6, 6.07) is 4.04.